The van der Waals surface area contributed by atoms with Crippen LogP contribution in [0.5, 0.6) is 0 Å². The Morgan fingerprint density at radius 2 is 2.20 bits per heavy atom. The second-order valence-corrected chi connectivity index (χ2v) is 3.64. The van der Waals surface area contributed by atoms with Gasteiger partial charge >= 0.3 is 0 Å². The van der Waals surface area contributed by atoms with Gasteiger partial charge in [0.1, 0.15) is 5.76 Å². The first kappa shape index (κ1) is 12.0. The molecule has 1 aromatic rings. The van der Waals surface area contributed by atoms with E-state index in [1.165, 1.54) is 12.8 Å². The number of hydrogen-bond donors (Lipinski definition) is 0. The number of furan rings is 1. The zero-order chi connectivity index (χ0) is 11.1. The molecule has 3 nitrogen and oxygen atoms in total. The van der Waals surface area contributed by atoms with Crippen LogP contribution in [0.2, 0.25) is 0 Å². The molecule has 0 bridgehead atoms. The number of aldehydes is 1. The van der Waals surface area contributed by atoms with E-state index >= 15 is 0 Å². The molecule has 0 saturated carbocycles. The van der Waals surface area contributed by atoms with Gasteiger partial charge in [-0.05, 0) is 31.6 Å². The highest BCUT2D eigenvalue weighted by Gasteiger charge is 2.06. The molecule has 15 heavy (non-hydrogen) atoms. The van der Waals surface area contributed by atoms with Gasteiger partial charge < -0.3 is 4.42 Å². The summed E-state index contributed by atoms with van der Waals surface area (Å²) in [6, 6.07) is 3.59. The summed E-state index contributed by atoms with van der Waals surface area (Å²) in [5, 5.41) is 0. The van der Waals surface area contributed by atoms with Crippen LogP contribution in [0.25, 0.3) is 0 Å². The number of carbonyl (C=O) groups excluding carboxylic acids is 1. The third-order valence-corrected chi connectivity index (χ3v) is 2.45. The molecule has 1 rings (SSSR count). The summed E-state index contributed by atoms with van der Waals surface area (Å²) in [6.45, 7) is 7.22. The van der Waals surface area contributed by atoms with Crippen molar-refractivity contribution in [1.82, 2.24) is 4.90 Å². The van der Waals surface area contributed by atoms with Crippen molar-refractivity contribution >= 4 is 6.29 Å². The SMILES string of the molecule is CCCCN(CC)Cc1ccc(C=O)o1. The Hall–Kier alpha value is -1.09. The maximum absolute atomic E-state index is 10.4. The molecule has 1 heterocycles. The largest absolute Gasteiger partial charge is 0.457 e. The van der Waals surface area contributed by atoms with Crippen molar-refractivity contribution in [3.63, 3.8) is 0 Å². The van der Waals surface area contributed by atoms with E-state index in [1.807, 2.05) is 6.07 Å². The summed E-state index contributed by atoms with van der Waals surface area (Å²) in [4.78, 5) is 12.8. The number of hydrogen-bond acceptors (Lipinski definition) is 3. The third kappa shape index (κ3) is 3.88. The Labute approximate surface area is 91.1 Å². The Bertz CT molecular complexity index is 294. The van der Waals surface area contributed by atoms with E-state index in [9.17, 15) is 4.79 Å². The van der Waals surface area contributed by atoms with Crippen molar-refractivity contribution in [2.75, 3.05) is 13.1 Å². The predicted octanol–water partition coefficient (Wildman–Crippen LogP) is 2.71. The monoisotopic (exact) mass is 209 g/mol. The second kappa shape index (κ2) is 6.40. The molecule has 0 aromatic carbocycles. The van der Waals surface area contributed by atoms with Crippen LogP contribution in [0.15, 0.2) is 16.5 Å². The van der Waals surface area contributed by atoms with Crippen molar-refractivity contribution in [1.29, 1.82) is 0 Å². The number of unbranched alkanes of at least 4 members (excludes halogenated alkanes) is 1. The Morgan fingerprint density at radius 3 is 2.73 bits per heavy atom. The van der Waals surface area contributed by atoms with E-state index < -0.39 is 0 Å². The maximum atomic E-state index is 10.4. The van der Waals surface area contributed by atoms with Crippen LogP contribution in [0.4, 0.5) is 0 Å². The van der Waals surface area contributed by atoms with Crippen molar-refractivity contribution in [2.45, 2.75) is 33.2 Å². The molecule has 0 aliphatic carbocycles. The van der Waals surface area contributed by atoms with Gasteiger partial charge in [-0.15, -0.1) is 0 Å². The summed E-state index contributed by atoms with van der Waals surface area (Å²) in [5.41, 5.74) is 0. The Balaban J connectivity index is 2.46. The lowest BCUT2D eigenvalue weighted by atomic mass is 10.3. The number of rotatable bonds is 7. The molecule has 0 aliphatic heterocycles. The van der Waals surface area contributed by atoms with Gasteiger partial charge in [0.2, 0.25) is 0 Å². The highest BCUT2D eigenvalue weighted by atomic mass is 16.3. The van der Waals surface area contributed by atoms with Gasteiger partial charge in [-0.1, -0.05) is 20.3 Å². The Morgan fingerprint density at radius 1 is 1.40 bits per heavy atom. The maximum Gasteiger partial charge on any atom is 0.185 e. The van der Waals surface area contributed by atoms with Crippen LogP contribution in [-0.2, 0) is 6.54 Å². The lowest BCUT2D eigenvalue weighted by molar-refractivity contribution is 0.109. The standard InChI is InChI=1S/C12H19NO2/c1-3-5-8-13(4-2)9-11-6-7-12(10-14)15-11/h6-7,10H,3-5,8-9H2,1-2H3. The minimum atomic E-state index is 0.413. The summed E-state index contributed by atoms with van der Waals surface area (Å²) in [7, 11) is 0. The van der Waals surface area contributed by atoms with Gasteiger partial charge in [0.15, 0.2) is 12.0 Å². The van der Waals surface area contributed by atoms with Gasteiger partial charge in [0.05, 0.1) is 6.54 Å². The van der Waals surface area contributed by atoms with Gasteiger partial charge in [-0.3, -0.25) is 9.69 Å². The van der Waals surface area contributed by atoms with E-state index in [-0.39, 0.29) is 0 Å². The second-order valence-electron chi connectivity index (χ2n) is 3.64. The lowest BCUT2D eigenvalue weighted by Crippen LogP contribution is -2.23. The third-order valence-electron chi connectivity index (χ3n) is 2.45. The van der Waals surface area contributed by atoms with E-state index in [2.05, 4.69) is 18.7 Å². The van der Waals surface area contributed by atoms with Crippen molar-refractivity contribution in [2.24, 2.45) is 0 Å². The number of nitrogens with zero attached hydrogens (tertiary/aromatic N) is 1. The van der Waals surface area contributed by atoms with Gasteiger partial charge in [-0.2, -0.15) is 0 Å². The smallest absolute Gasteiger partial charge is 0.185 e. The van der Waals surface area contributed by atoms with Crippen molar-refractivity contribution < 1.29 is 9.21 Å². The van der Waals surface area contributed by atoms with Gasteiger partial charge in [0, 0.05) is 0 Å². The van der Waals surface area contributed by atoms with Crippen LogP contribution in [0.1, 0.15) is 43.0 Å². The first-order valence-electron chi connectivity index (χ1n) is 5.56. The minimum absolute atomic E-state index is 0.413. The lowest BCUT2D eigenvalue weighted by Gasteiger charge is -2.18. The molecule has 0 amide bonds. The molecule has 0 fully saturated rings. The molecular formula is C12H19NO2. The highest BCUT2D eigenvalue weighted by molar-refractivity contribution is 5.70. The summed E-state index contributed by atoms with van der Waals surface area (Å²) >= 11 is 0. The zero-order valence-electron chi connectivity index (χ0n) is 9.53. The number of carbonyl (C=O) groups is 1. The van der Waals surface area contributed by atoms with E-state index in [0.29, 0.717) is 5.76 Å². The molecule has 0 atom stereocenters. The summed E-state index contributed by atoms with van der Waals surface area (Å²) in [6.07, 6.45) is 3.15. The van der Waals surface area contributed by atoms with Crippen LogP contribution in [0.3, 0.4) is 0 Å². The quantitative estimate of drug-likeness (QED) is 0.647. The van der Waals surface area contributed by atoms with E-state index in [0.717, 1.165) is 31.7 Å². The van der Waals surface area contributed by atoms with Gasteiger partial charge in [-0.25, -0.2) is 0 Å². The molecule has 0 radical (unpaired) electrons. The van der Waals surface area contributed by atoms with Crippen LogP contribution >= 0.6 is 0 Å². The molecule has 0 aliphatic rings. The molecule has 0 N–H and O–H groups in total. The van der Waals surface area contributed by atoms with E-state index in [1.54, 1.807) is 6.07 Å². The predicted molar refractivity (Wildman–Crippen MR) is 60.0 cm³/mol. The average molecular weight is 209 g/mol. The summed E-state index contributed by atoms with van der Waals surface area (Å²) in [5.74, 6) is 1.28. The van der Waals surface area contributed by atoms with Gasteiger partial charge in [0.25, 0.3) is 0 Å². The fourth-order valence-corrected chi connectivity index (χ4v) is 1.49. The zero-order valence-corrected chi connectivity index (χ0v) is 9.53. The van der Waals surface area contributed by atoms with E-state index in [4.69, 9.17) is 4.42 Å². The topological polar surface area (TPSA) is 33.5 Å². The van der Waals surface area contributed by atoms with Crippen LogP contribution in [-0.4, -0.2) is 24.3 Å². The molecule has 0 spiro atoms. The van der Waals surface area contributed by atoms with Crippen molar-refractivity contribution in [3.8, 4) is 0 Å². The molecule has 0 unspecified atom stereocenters. The average Bonchev–Trinajstić information content (AvgIpc) is 2.71. The first-order valence-corrected chi connectivity index (χ1v) is 5.56. The molecule has 1 aromatic heterocycles. The highest BCUT2D eigenvalue weighted by Crippen LogP contribution is 2.09. The van der Waals surface area contributed by atoms with Crippen LogP contribution < -0.4 is 0 Å². The summed E-state index contributed by atoms with van der Waals surface area (Å²) < 4.78 is 5.34. The Kier molecular flexibility index (Phi) is 5.12. The van der Waals surface area contributed by atoms with Crippen molar-refractivity contribution in [3.05, 3.63) is 23.7 Å². The molecule has 84 valence electrons. The minimum Gasteiger partial charge on any atom is -0.457 e. The fourth-order valence-electron chi connectivity index (χ4n) is 1.49. The fraction of sp³-hybridized carbons (Fsp3) is 0.583. The molecule has 3 heteroatoms. The normalized spacial score (nSPS) is 10.9. The van der Waals surface area contributed by atoms with Crippen LogP contribution in [0, 0.1) is 0 Å². The molecular weight excluding hydrogens is 190 g/mol. The first-order chi connectivity index (χ1) is 7.30. The molecule has 0 saturated heterocycles.